The molecule has 170 valence electrons. The number of nitrogens with one attached hydrogen (secondary N) is 2. The SMILES string of the molecule is COc1ccc(-c2csc(CNc3cc(Nc4ccc(OC(F)(F)F)cc4)ncn3)n2)cc1. The number of halogens is 3. The second-order valence-electron chi connectivity index (χ2n) is 6.69. The average molecular weight is 473 g/mol. The molecule has 0 unspecified atom stereocenters. The van der Waals surface area contributed by atoms with Crippen LogP contribution in [0.25, 0.3) is 11.3 Å². The first-order valence-electron chi connectivity index (χ1n) is 9.65. The number of methoxy groups -OCH3 is 1. The van der Waals surface area contributed by atoms with Gasteiger partial charge in [-0.25, -0.2) is 15.0 Å². The summed E-state index contributed by atoms with van der Waals surface area (Å²) in [5, 5.41) is 9.08. The predicted octanol–water partition coefficient (Wildman–Crippen LogP) is 5.86. The molecule has 0 saturated heterocycles. The minimum absolute atomic E-state index is 0.296. The van der Waals surface area contributed by atoms with Crippen LogP contribution in [0.15, 0.2) is 66.3 Å². The van der Waals surface area contributed by atoms with Crippen LogP contribution in [0.1, 0.15) is 5.01 Å². The molecule has 2 heterocycles. The number of thiazole rings is 1. The van der Waals surface area contributed by atoms with E-state index in [9.17, 15) is 13.2 Å². The number of hydrogen-bond acceptors (Lipinski definition) is 8. The molecule has 11 heteroatoms. The minimum Gasteiger partial charge on any atom is -0.497 e. The van der Waals surface area contributed by atoms with Crippen molar-refractivity contribution in [1.82, 2.24) is 15.0 Å². The normalized spacial score (nSPS) is 11.2. The number of alkyl halides is 3. The largest absolute Gasteiger partial charge is 0.573 e. The molecular formula is C22H18F3N5O2S. The first kappa shape index (κ1) is 22.3. The summed E-state index contributed by atoms with van der Waals surface area (Å²) in [6.07, 6.45) is -3.34. The van der Waals surface area contributed by atoms with Crippen molar-refractivity contribution in [2.24, 2.45) is 0 Å². The van der Waals surface area contributed by atoms with Crippen LogP contribution in [0, 0.1) is 0 Å². The van der Waals surface area contributed by atoms with Crippen molar-refractivity contribution in [3.8, 4) is 22.8 Å². The van der Waals surface area contributed by atoms with Gasteiger partial charge in [0.15, 0.2) is 0 Å². The third kappa shape index (κ3) is 6.32. The van der Waals surface area contributed by atoms with Gasteiger partial charge in [-0.3, -0.25) is 0 Å². The van der Waals surface area contributed by atoms with Crippen molar-refractivity contribution in [1.29, 1.82) is 0 Å². The fraction of sp³-hybridized carbons (Fsp3) is 0.136. The molecule has 0 bridgehead atoms. The van der Waals surface area contributed by atoms with Crippen molar-refractivity contribution in [3.05, 3.63) is 71.3 Å². The molecular weight excluding hydrogens is 455 g/mol. The molecule has 0 saturated carbocycles. The van der Waals surface area contributed by atoms with Gasteiger partial charge in [0.2, 0.25) is 0 Å². The monoisotopic (exact) mass is 473 g/mol. The lowest BCUT2D eigenvalue weighted by molar-refractivity contribution is -0.274. The van der Waals surface area contributed by atoms with Crippen LogP contribution in [0.5, 0.6) is 11.5 Å². The van der Waals surface area contributed by atoms with Crippen molar-refractivity contribution < 1.29 is 22.6 Å². The minimum atomic E-state index is -4.73. The molecule has 2 N–H and O–H groups in total. The van der Waals surface area contributed by atoms with Crippen LogP contribution in [0.2, 0.25) is 0 Å². The molecule has 0 amide bonds. The van der Waals surface area contributed by atoms with Gasteiger partial charge in [0.25, 0.3) is 0 Å². The molecule has 0 radical (unpaired) electrons. The van der Waals surface area contributed by atoms with E-state index in [2.05, 4.69) is 30.3 Å². The molecule has 0 aliphatic heterocycles. The summed E-state index contributed by atoms with van der Waals surface area (Å²) in [6.45, 7) is 0.473. The highest BCUT2D eigenvalue weighted by Crippen LogP contribution is 2.26. The Balaban J connectivity index is 1.35. The maximum atomic E-state index is 12.3. The molecule has 0 spiro atoms. The summed E-state index contributed by atoms with van der Waals surface area (Å²) < 4.78 is 45.9. The lowest BCUT2D eigenvalue weighted by Gasteiger charge is -2.10. The van der Waals surface area contributed by atoms with E-state index in [1.165, 1.54) is 41.9 Å². The van der Waals surface area contributed by atoms with E-state index in [-0.39, 0.29) is 5.75 Å². The molecule has 0 fully saturated rings. The van der Waals surface area contributed by atoms with Crippen LogP contribution in [0.3, 0.4) is 0 Å². The number of ether oxygens (including phenoxy) is 2. The van der Waals surface area contributed by atoms with E-state index in [0.717, 1.165) is 22.0 Å². The highest BCUT2D eigenvalue weighted by molar-refractivity contribution is 7.09. The number of anilines is 3. The van der Waals surface area contributed by atoms with E-state index >= 15 is 0 Å². The maximum Gasteiger partial charge on any atom is 0.573 e. The summed E-state index contributed by atoms with van der Waals surface area (Å²) in [6, 6.07) is 14.7. The van der Waals surface area contributed by atoms with Crippen molar-refractivity contribution >= 4 is 28.7 Å². The number of aromatic nitrogens is 3. The topological polar surface area (TPSA) is 81.2 Å². The first-order valence-corrected chi connectivity index (χ1v) is 10.5. The number of benzene rings is 2. The Morgan fingerprint density at radius 2 is 1.64 bits per heavy atom. The van der Waals surface area contributed by atoms with E-state index in [1.807, 2.05) is 29.6 Å². The van der Waals surface area contributed by atoms with E-state index in [4.69, 9.17) is 4.74 Å². The summed E-state index contributed by atoms with van der Waals surface area (Å²) in [4.78, 5) is 13.0. The van der Waals surface area contributed by atoms with Gasteiger partial charge in [0, 0.05) is 22.7 Å². The lowest BCUT2D eigenvalue weighted by atomic mass is 10.2. The Hall–Kier alpha value is -3.86. The van der Waals surface area contributed by atoms with E-state index < -0.39 is 6.36 Å². The third-order valence-corrected chi connectivity index (χ3v) is 5.23. The summed E-state index contributed by atoms with van der Waals surface area (Å²) in [5.74, 6) is 1.55. The maximum absolute atomic E-state index is 12.3. The summed E-state index contributed by atoms with van der Waals surface area (Å²) in [7, 11) is 1.62. The van der Waals surface area contributed by atoms with Gasteiger partial charge in [-0.15, -0.1) is 24.5 Å². The van der Waals surface area contributed by atoms with Crippen molar-refractivity contribution in [2.45, 2.75) is 12.9 Å². The second kappa shape index (κ2) is 9.74. The number of nitrogens with zero attached hydrogens (tertiary/aromatic N) is 3. The molecule has 2 aromatic carbocycles. The highest BCUT2D eigenvalue weighted by atomic mass is 32.1. The lowest BCUT2D eigenvalue weighted by Crippen LogP contribution is -2.16. The van der Waals surface area contributed by atoms with E-state index in [0.29, 0.717) is 23.9 Å². The summed E-state index contributed by atoms with van der Waals surface area (Å²) >= 11 is 1.53. The fourth-order valence-corrected chi connectivity index (χ4v) is 3.61. The molecule has 2 aromatic heterocycles. The molecule has 4 rings (SSSR count). The third-order valence-electron chi connectivity index (χ3n) is 4.39. The van der Waals surface area contributed by atoms with Crippen LogP contribution < -0.4 is 20.1 Å². The molecule has 0 aliphatic rings. The van der Waals surface area contributed by atoms with Gasteiger partial charge in [-0.05, 0) is 48.5 Å². The van der Waals surface area contributed by atoms with Crippen LogP contribution in [0.4, 0.5) is 30.5 Å². The first-order chi connectivity index (χ1) is 15.9. The standard InChI is InChI=1S/C22H18F3N5O2S/c1-31-16-6-2-14(3-7-16)18-12-33-21(30-18)11-26-19-10-20(28-13-27-19)29-15-4-8-17(9-5-15)32-22(23,24)25/h2-10,12-13H,11H2,1H3,(H2,26,27,28,29). The molecule has 7 nitrogen and oxygen atoms in total. The zero-order valence-corrected chi connectivity index (χ0v) is 18.1. The van der Waals surface area contributed by atoms with E-state index in [1.54, 1.807) is 13.2 Å². The number of hydrogen-bond donors (Lipinski definition) is 2. The summed E-state index contributed by atoms with van der Waals surface area (Å²) in [5.41, 5.74) is 2.43. The average Bonchev–Trinajstić information content (AvgIpc) is 3.28. The molecule has 0 atom stereocenters. The van der Waals surface area contributed by atoms with Gasteiger partial charge >= 0.3 is 6.36 Å². The van der Waals surface area contributed by atoms with Gasteiger partial charge in [-0.1, -0.05) is 0 Å². The highest BCUT2D eigenvalue weighted by Gasteiger charge is 2.30. The van der Waals surface area contributed by atoms with Gasteiger partial charge in [-0.2, -0.15) is 0 Å². The quantitative estimate of drug-likeness (QED) is 0.332. The number of rotatable bonds is 8. The Bertz CT molecular complexity index is 1200. The van der Waals surface area contributed by atoms with Crippen molar-refractivity contribution in [2.75, 3.05) is 17.7 Å². The molecule has 4 aromatic rings. The smallest absolute Gasteiger partial charge is 0.497 e. The van der Waals surface area contributed by atoms with Gasteiger partial charge in [0.05, 0.1) is 19.3 Å². The zero-order chi connectivity index (χ0) is 23.3. The zero-order valence-electron chi connectivity index (χ0n) is 17.3. The van der Waals surface area contributed by atoms with Crippen molar-refractivity contribution in [3.63, 3.8) is 0 Å². The Morgan fingerprint density at radius 1 is 0.939 bits per heavy atom. The Labute approximate surface area is 191 Å². The van der Waals surface area contributed by atoms with Gasteiger partial charge < -0.3 is 20.1 Å². The van der Waals surface area contributed by atoms with Crippen LogP contribution >= 0.6 is 11.3 Å². The Morgan fingerprint density at radius 3 is 2.33 bits per heavy atom. The fourth-order valence-electron chi connectivity index (χ4n) is 2.86. The molecule has 0 aliphatic carbocycles. The predicted molar refractivity (Wildman–Crippen MR) is 120 cm³/mol. The van der Waals surface area contributed by atoms with Gasteiger partial charge in [0.1, 0.15) is 34.5 Å². The Kier molecular flexibility index (Phi) is 6.59. The molecule has 33 heavy (non-hydrogen) atoms. The van der Waals surface area contributed by atoms with Crippen LogP contribution in [-0.4, -0.2) is 28.4 Å². The van der Waals surface area contributed by atoms with Crippen LogP contribution in [-0.2, 0) is 6.54 Å². The second-order valence-corrected chi connectivity index (χ2v) is 7.64.